The molecule has 0 aromatic rings. The molecule has 2 N–H and O–H groups in total. The molecular formula is C16H25NO8. The lowest BCUT2D eigenvalue weighted by molar-refractivity contribution is -0.910. The summed E-state index contributed by atoms with van der Waals surface area (Å²) in [6.45, 7) is 10.5. The molecule has 0 aromatic carbocycles. The van der Waals surface area contributed by atoms with E-state index in [2.05, 4.69) is 13.2 Å². The van der Waals surface area contributed by atoms with Gasteiger partial charge in [0.15, 0.2) is 6.10 Å². The normalized spacial score (nSPS) is 14.0. The van der Waals surface area contributed by atoms with E-state index in [1.165, 1.54) is 41.9 Å². The monoisotopic (exact) mass is 359 g/mol. The second-order valence-corrected chi connectivity index (χ2v) is 6.28. The second-order valence-electron chi connectivity index (χ2n) is 6.28. The van der Waals surface area contributed by atoms with Gasteiger partial charge in [0.05, 0.1) is 21.1 Å². The van der Waals surface area contributed by atoms with Gasteiger partial charge in [0.2, 0.25) is 0 Å². The van der Waals surface area contributed by atoms with Gasteiger partial charge in [0.25, 0.3) is 5.54 Å². The average Bonchev–Trinajstić information content (AvgIpc) is 2.36. The number of nitrogens with zero attached hydrogens (tertiary/aromatic N) is 1. The molecule has 25 heavy (non-hydrogen) atoms. The highest BCUT2D eigenvalue weighted by Gasteiger charge is 2.59. The molecule has 9 nitrogen and oxygen atoms in total. The van der Waals surface area contributed by atoms with Crippen molar-refractivity contribution in [2.75, 3.05) is 21.1 Å². The molecule has 0 aliphatic carbocycles. The third kappa shape index (κ3) is 6.03. The van der Waals surface area contributed by atoms with Gasteiger partial charge < -0.3 is 29.3 Å². The first-order chi connectivity index (χ1) is 11.0. The number of likely N-dealkylation sites (N-methyl/N-ethyl adjacent to an activating group) is 1. The van der Waals surface area contributed by atoms with Crippen LogP contribution in [0, 0.1) is 0 Å². The lowest BCUT2D eigenvalue weighted by Crippen LogP contribution is -2.75. The molecule has 0 aliphatic rings. The van der Waals surface area contributed by atoms with Crippen LogP contribution in [-0.4, -0.2) is 71.4 Å². The maximum Gasteiger partial charge on any atom is 0.376 e. The highest BCUT2D eigenvalue weighted by Crippen LogP contribution is 2.26. The third-order valence-electron chi connectivity index (χ3n) is 3.28. The third-order valence-corrected chi connectivity index (χ3v) is 3.28. The van der Waals surface area contributed by atoms with Gasteiger partial charge in [-0.05, 0) is 20.8 Å². The van der Waals surface area contributed by atoms with Crippen molar-refractivity contribution >= 4 is 23.9 Å². The molecule has 9 heteroatoms. The number of carbonyl (C=O) groups is 4. The van der Waals surface area contributed by atoms with Gasteiger partial charge in [-0.15, -0.1) is 0 Å². The summed E-state index contributed by atoms with van der Waals surface area (Å²) in [6, 6.07) is 0. The smallest absolute Gasteiger partial charge is 0.376 e. The van der Waals surface area contributed by atoms with Crippen molar-refractivity contribution < 1.29 is 43.7 Å². The standard InChI is InChI=1S/C12H19NO6.C4H6O2/c1-7(2)9(14)19-8(3)12(10(15)16,11(17)18)13(4,5)6;1-3(2)4(5)6/h8H,1H2,2-6H3,(H-,15,16,17,18);1H2,2H3,(H,5,6). The summed E-state index contributed by atoms with van der Waals surface area (Å²) in [7, 11) is 4.11. The predicted octanol–water partition coefficient (Wildman–Crippen LogP) is -0.579. The highest BCUT2D eigenvalue weighted by atomic mass is 16.5. The lowest BCUT2D eigenvalue weighted by Gasteiger charge is -2.45. The number of carbonyl (C=O) groups excluding carboxylic acids is 2. The van der Waals surface area contributed by atoms with Gasteiger partial charge >= 0.3 is 17.9 Å². The molecule has 0 saturated heterocycles. The molecule has 2 atom stereocenters. The van der Waals surface area contributed by atoms with E-state index in [1.54, 1.807) is 0 Å². The van der Waals surface area contributed by atoms with Crippen molar-refractivity contribution in [3.8, 4) is 0 Å². The molecule has 142 valence electrons. The zero-order valence-electron chi connectivity index (χ0n) is 15.3. The predicted molar refractivity (Wildman–Crippen MR) is 86.2 cm³/mol. The highest BCUT2D eigenvalue weighted by molar-refractivity contribution is 6.02. The van der Waals surface area contributed by atoms with E-state index in [4.69, 9.17) is 9.84 Å². The Morgan fingerprint density at radius 2 is 1.40 bits per heavy atom. The molecule has 0 aliphatic heterocycles. The molecule has 0 rings (SSSR count). The van der Waals surface area contributed by atoms with Crippen molar-refractivity contribution in [3.63, 3.8) is 0 Å². The molecule has 0 radical (unpaired) electrons. The zero-order chi connectivity index (χ0) is 20.7. The molecule has 2 unspecified atom stereocenters. The largest absolute Gasteiger partial charge is 0.543 e. The maximum atomic E-state index is 11.5. The molecular weight excluding hydrogens is 334 g/mol. The molecule has 0 spiro atoms. The van der Waals surface area contributed by atoms with Gasteiger partial charge in [-0.3, -0.25) is 0 Å². The van der Waals surface area contributed by atoms with Crippen LogP contribution in [0.2, 0.25) is 0 Å². The minimum Gasteiger partial charge on any atom is -0.543 e. The van der Waals surface area contributed by atoms with Crippen molar-refractivity contribution in [1.82, 2.24) is 0 Å². The SMILES string of the molecule is C=C(C)C(=O)O.C=C(C)C(=O)OC(C)C(C(=O)[O-])(C(=O)O)[N+](C)(C)C. The number of ether oxygens (including phenoxy) is 1. The van der Waals surface area contributed by atoms with Crippen LogP contribution in [0.4, 0.5) is 0 Å². The Hall–Kier alpha value is -2.68. The number of hydrogen-bond donors (Lipinski definition) is 2. The summed E-state index contributed by atoms with van der Waals surface area (Å²) in [4.78, 5) is 43.9. The maximum absolute atomic E-state index is 11.5. The minimum absolute atomic E-state index is 0.0471. The van der Waals surface area contributed by atoms with E-state index >= 15 is 0 Å². The van der Waals surface area contributed by atoms with Gasteiger partial charge in [-0.25, -0.2) is 14.4 Å². The number of rotatable bonds is 7. The first kappa shape index (κ1) is 24.6. The molecule has 0 aromatic heterocycles. The van der Waals surface area contributed by atoms with Crippen LogP contribution in [0.25, 0.3) is 0 Å². The van der Waals surface area contributed by atoms with Crippen LogP contribution >= 0.6 is 0 Å². The van der Waals surface area contributed by atoms with E-state index in [1.807, 2.05) is 0 Å². The quantitative estimate of drug-likeness (QED) is 0.266. The van der Waals surface area contributed by atoms with Gasteiger partial charge in [-0.1, -0.05) is 13.2 Å². The van der Waals surface area contributed by atoms with E-state index in [0.29, 0.717) is 0 Å². The zero-order valence-corrected chi connectivity index (χ0v) is 15.3. The summed E-state index contributed by atoms with van der Waals surface area (Å²) >= 11 is 0. The summed E-state index contributed by atoms with van der Waals surface area (Å²) < 4.78 is 4.37. The lowest BCUT2D eigenvalue weighted by atomic mass is 9.89. The average molecular weight is 359 g/mol. The summed E-state index contributed by atoms with van der Waals surface area (Å²) in [5.41, 5.74) is -2.19. The van der Waals surface area contributed by atoms with Crippen molar-refractivity contribution in [2.45, 2.75) is 32.4 Å². The fraction of sp³-hybridized carbons (Fsp3) is 0.500. The topological polar surface area (TPSA) is 141 Å². The van der Waals surface area contributed by atoms with Crippen LogP contribution in [0.5, 0.6) is 0 Å². The summed E-state index contributed by atoms with van der Waals surface area (Å²) in [5, 5.41) is 28.6. The number of aliphatic carboxylic acids is 3. The summed E-state index contributed by atoms with van der Waals surface area (Å²) in [6.07, 6.45) is -1.43. The number of hydrogen-bond acceptors (Lipinski definition) is 6. The minimum atomic E-state index is -2.41. The number of quaternary nitrogens is 1. The Morgan fingerprint density at radius 3 is 1.56 bits per heavy atom. The number of esters is 1. The van der Waals surface area contributed by atoms with E-state index < -0.39 is 40.0 Å². The Bertz CT molecular complexity index is 559. The number of carboxylic acids is 3. The van der Waals surface area contributed by atoms with Crippen LogP contribution in [0.3, 0.4) is 0 Å². The molecule has 0 amide bonds. The fourth-order valence-electron chi connectivity index (χ4n) is 1.88. The van der Waals surface area contributed by atoms with Gasteiger partial charge in [0, 0.05) is 11.1 Å². The Kier molecular flexibility index (Phi) is 8.82. The molecule has 0 saturated carbocycles. The first-order valence-corrected chi connectivity index (χ1v) is 7.05. The van der Waals surface area contributed by atoms with Crippen molar-refractivity contribution in [3.05, 3.63) is 24.3 Å². The summed E-state index contributed by atoms with van der Waals surface area (Å²) in [5.74, 6) is -5.25. The molecule has 0 heterocycles. The number of carboxylic acid groups (broad SMARTS) is 3. The molecule has 0 fully saturated rings. The van der Waals surface area contributed by atoms with Crippen molar-refractivity contribution in [2.24, 2.45) is 0 Å². The van der Waals surface area contributed by atoms with E-state index in [9.17, 15) is 29.4 Å². The van der Waals surface area contributed by atoms with E-state index in [-0.39, 0.29) is 11.1 Å². The van der Waals surface area contributed by atoms with Crippen molar-refractivity contribution in [1.29, 1.82) is 0 Å². The molecule has 0 bridgehead atoms. The Balaban J connectivity index is 0. The Labute approximate surface area is 146 Å². The first-order valence-electron chi connectivity index (χ1n) is 7.05. The van der Waals surface area contributed by atoms with E-state index in [0.717, 1.165) is 0 Å². The second kappa shape index (κ2) is 8.97. The Morgan fingerprint density at radius 1 is 1.04 bits per heavy atom. The van der Waals surface area contributed by atoms with Gasteiger partial charge in [0.1, 0.15) is 5.97 Å². The van der Waals surface area contributed by atoms with Crippen LogP contribution in [0.1, 0.15) is 20.8 Å². The fourth-order valence-corrected chi connectivity index (χ4v) is 1.88. The van der Waals surface area contributed by atoms with Crippen LogP contribution < -0.4 is 5.11 Å². The van der Waals surface area contributed by atoms with Crippen LogP contribution in [-0.2, 0) is 23.9 Å². The van der Waals surface area contributed by atoms with Crippen LogP contribution in [0.15, 0.2) is 24.3 Å². The van der Waals surface area contributed by atoms with Gasteiger partial charge in [-0.2, -0.15) is 0 Å².